The maximum absolute atomic E-state index is 11.6. The van der Waals surface area contributed by atoms with Gasteiger partial charge in [-0.25, -0.2) is 9.97 Å². The maximum atomic E-state index is 11.6. The summed E-state index contributed by atoms with van der Waals surface area (Å²) < 4.78 is 11.6. The van der Waals surface area contributed by atoms with Crippen LogP contribution in [0.1, 0.15) is 6.92 Å². The Morgan fingerprint density at radius 2 is 2.12 bits per heavy atom. The summed E-state index contributed by atoms with van der Waals surface area (Å²) in [6.45, 7) is 1.75. The van der Waals surface area contributed by atoms with Gasteiger partial charge in [0.2, 0.25) is 0 Å². The molecule has 1 unspecified atom stereocenters. The summed E-state index contributed by atoms with van der Waals surface area (Å²) in [7, 11) is 2.96. The van der Waals surface area contributed by atoms with Gasteiger partial charge in [0.25, 0.3) is 0 Å². The first-order valence-corrected chi connectivity index (χ1v) is 7.97. The second kappa shape index (κ2) is 6.83. The van der Waals surface area contributed by atoms with Crippen molar-refractivity contribution in [1.82, 2.24) is 25.0 Å². The molecule has 3 rings (SSSR count). The van der Waals surface area contributed by atoms with Gasteiger partial charge in [0.05, 0.1) is 19.9 Å². The van der Waals surface area contributed by atoms with Crippen LogP contribution in [0.15, 0.2) is 35.6 Å². The highest BCUT2D eigenvalue weighted by Gasteiger charge is 2.20. The summed E-state index contributed by atoms with van der Waals surface area (Å²) in [5, 5.41) is 8.48. The quantitative estimate of drug-likeness (QED) is 0.393. The van der Waals surface area contributed by atoms with Gasteiger partial charge >= 0.3 is 5.97 Å². The molecule has 8 nitrogen and oxygen atoms in total. The molecule has 1 aromatic carbocycles. The molecular weight excluding hydrogens is 330 g/mol. The first kappa shape index (κ1) is 16.2. The Labute approximate surface area is 142 Å². The van der Waals surface area contributed by atoms with Gasteiger partial charge in [0, 0.05) is 6.07 Å². The van der Waals surface area contributed by atoms with Crippen LogP contribution in [0.4, 0.5) is 0 Å². The number of thioether (sulfide) groups is 1. The molecule has 0 spiro atoms. The summed E-state index contributed by atoms with van der Waals surface area (Å²) in [5.41, 5.74) is 1.85. The van der Waals surface area contributed by atoms with Crippen LogP contribution in [0.2, 0.25) is 0 Å². The molecule has 0 aliphatic rings. The number of methoxy groups -OCH3 is 2. The molecule has 1 atom stereocenters. The van der Waals surface area contributed by atoms with Gasteiger partial charge in [-0.1, -0.05) is 23.0 Å². The third-order valence-corrected chi connectivity index (χ3v) is 4.39. The Morgan fingerprint density at radius 3 is 2.88 bits per heavy atom. The van der Waals surface area contributed by atoms with Gasteiger partial charge in [0.15, 0.2) is 11.2 Å². The van der Waals surface area contributed by atoms with E-state index in [1.165, 1.54) is 25.2 Å². The molecule has 0 bridgehead atoms. The molecule has 0 aliphatic carbocycles. The van der Waals surface area contributed by atoms with E-state index in [4.69, 9.17) is 9.47 Å². The van der Waals surface area contributed by atoms with E-state index in [1.807, 2.05) is 24.3 Å². The van der Waals surface area contributed by atoms with Crippen LogP contribution in [-0.4, -0.2) is 50.4 Å². The molecule has 0 saturated carbocycles. The molecule has 0 amide bonds. The number of hydrogen-bond donors (Lipinski definition) is 0. The van der Waals surface area contributed by atoms with Gasteiger partial charge in [-0.3, -0.25) is 4.79 Å². The molecule has 0 saturated heterocycles. The third-order valence-electron chi connectivity index (χ3n) is 3.32. The van der Waals surface area contributed by atoms with E-state index in [0.717, 1.165) is 5.69 Å². The Bertz CT molecular complexity index is 882. The highest BCUT2D eigenvalue weighted by molar-refractivity contribution is 8.00. The average molecular weight is 345 g/mol. The number of ether oxygens (including phenoxy) is 2. The number of carbonyl (C=O) groups is 1. The topological polar surface area (TPSA) is 92.0 Å². The number of benzene rings is 1. The van der Waals surface area contributed by atoms with Crippen LogP contribution in [0.25, 0.3) is 16.9 Å². The lowest BCUT2D eigenvalue weighted by Crippen LogP contribution is -2.14. The van der Waals surface area contributed by atoms with Gasteiger partial charge in [-0.15, -0.1) is 5.10 Å². The first-order chi connectivity index (χ1) is 11.6. The van der Waals surface area contributed by atoms with E-state index in [-0.39, 0.29) is 5.97 Å². The fraction of sp³-hybridized carbons (Fsp3) is 0.267. The Hall–Kier alpha value is -2.68. The molecule has 9 heteroatoms. The van der Waals surface area contributed by atoms with E-state index in [9.17, 15) is 4.79 Å². The molecule has 0 fully saturated rings. The van der Waals surface area contributed by atoms with Crippen molar-refractivity contribution in [3.63, 3.8) is 0 Å². The normalized spacial score (nSPS) is 12.1. The zero-order chi connectivity index (χ0) is 17.1. The van der Waals surface area contributed by atoms with Crippen molar-refractivity contribution < 1.29 is 14.3 Å². The number of rotatable bonds is 5. The van der Waals surface area contributed by atoms with Crippen LogP contribution in [-0.2, 0) is 9.53 Å². The maximum Gasteiger partial charge on any atom is 0.318 e. The van der Waals surface area contributed by atoms with Crippen LogP contribution in [0, 0.1) is 0 Å². The lowest BCUT2D eigenvalue weighted by atomic mass is 10.3. The standard InChI is InChI=1S/C15H15N5O3S/c1-9(15(21)23-3)24-14-12-13(16-8-17-14)20(19-18-12)10-5-4-6-11(7-10)22-2/h4-9H,1-3H3. The van der Waals surface area contributed by atoms with Crippen LogP contribution < -0.4 is 4.74 Å². The van der Waals surface area contributed by atoms with Crippen molar-refractivity contribution >= 4 is 28.9 Å². The molecule has 124 valence electrons. The van der Waals surface area contributed by atoms with Crippen molar-refractivity contribution in [3.05, 3.63) is 30.6 Å². The van der Waals surface area contributed by atoms with Crippen molar-refractivity contribution in [2.75, 3.05) is 14.2 Å². The number of aromatic nitrogens is 5. The summed E-state index contributed by atoms with van der Waals surface area (Å²) in [6, 6.07) is 7.41. The number of carbonyl (C=O) groups excluding carboxylic acids is 1. The van der Waals surface area contributed by atoms with Crippen LogP contribution in [0.5, 0.6) is 5.75 Å². The summed E-state index contributed by atoms with van der Waals surface area (Å²) >= 11 is 1.26. The molecule has 24 heavy (non-hydrogen) atoms. The van der Waals surface area contributed by atoms with Crippen molar-refractivity contribution in [2.45, 2.75) is 17.2 Å². The van der Waals surface area contributed by atoms with Gasteiger partial charge < -0.3 is 9.47 Å². The summed E-state index contributed by atoms with van der Waals surface area (Å²) in [5.74, 6) is 0.381. The number of nitrogens with zero attached hydrogens (tertiary/aromatic N) is 5. The minimum Gasteiger partial charge on any atom is -0.497 e. The zero-order valence-electron chi connectivity index (χ0n) is 13.3. The summed E-state index contributed by atoms with van der Waals surface area (Å²) in [6.07, 6.45) is 1.43. The predicted octanol–water partition coefficient (Wildman–Crippen LogP) is 1.87. The fourth-order valence-electron chi connectivity index (χ4n) is 2.11. The lowest BCUT2D eigenvalue weighted by molar-refractivity contribution is -0.139. The number of hydrogen-bond acceptors (Lipinski definition) is 8. The van der Waals surface area contributed by atoms with Gasteiger partial charge in [-0.05, 0) is 19.1 Å². The SMILES string of the molecule is COC(=O)C(C)Sc1ncnc2c1nnn2-c1cccc(OC)c1. The van der Waals surface area contributed by atoms with E-state index < -0.39 is 5.25 Å². The molecule has 2 aromatic heterocycles. The second-order valence-electron chi connectivity index (χ2n) is 4.84. The third kappa shape index (κ3) is 3.02. The van der Waals surface area contributed by atoms with Crippen LogP contribution >= 0.6 is 11.8 Å². The van der Waals surface area contributed by atoms with Crippen molar-refractivity contribution in [3.8, 4) is 11.4 Å². The molecule has 2 heterocycles. The van der Waals surface area contributed by atoms with Crippen LogP contribution in [0.3, 0.4) is 0 Å². The zero-order valence-corrected chi connectivity index (χ0v) is 14.1. The minimum atomic E-state index is -0.407. The minimum absolute atomic E-state index is 0.327. The van der Waals surface area contributed by atoms with E-state index in [1.54, 1.807) is 18.7 Å². The number of esters is 1. The van der Waals surface area contributed by atoms with Gasteiger partial charge in [0.1, 0.15) is 22.4 Å². The molecule has 3 aromatic rings. The second-order valence-corrected chi connectivity index (χ2v) is 6.17. The average Bonchev–Trinajstić information content (AvgIpc) is 3.06. The number of fused-ring (bicyclic) bond motifs is 1. The first-order valence-electron chi connectivity index (χ1n) is 7.09. The fourth-order valence-corrected chi connectivity index (χ4v) is 2.99. The Balaban J connectivity index is 2.01. The molecule has 0 radical (unpaired) electrons. The predicted molar refractivity (Wildman–Crippen MR) is 88.3 cm³/mol. The van der Waals surface area contributed by atoms with Crippen molar-refractivity contribution in [1.29, 1.82) is 0 Å². The Morgan fingerprint density at radius 1 is 1.29 bits per heavy atom. The highest BCUT2D eigenvalue weighted by atomic mass is 32.2. The molecular formula is C15H15N5O3S. The van der Waals surface area contributed by atoms with E-state index in [0.29, 0.717) is 21.9 Å². The van der Waals surface area contributed by atoms with E-state index >= 15 is 0 Å². The van der Waals surface area contributed by atoms with Crippen molar-refractivity contribution in [2.24, 2.45) is 0 Å². The summed E-state index contributed by atoms with van der Waals surface area (Å²) in [4.78, 5) is 20.1. The lowest BCUT2D eigenvalue weighted by Gasteiger charge is -2.08. The monoisotopic (exact) mass is 345 g/mol. The largest absolute Gasteiger partial charge is 0.497 e. The van der Waals surface area contributed by atoms with E-state index in [2.05, 4.69) is 20.3 Å². The molecule has 0 aliphatic heterocycles. The molecule has 0 N–H and O–H groups in total. The smallest absolute Gasteiger partial charge is 0.318 e. The Kier molecular flexibility index (Phi) is 4.61. The highest BCUT2D eigenvalue weighted by Crippen LogP contribution is 2.28. The van der Waals surface area contributed by atoms with Gasteiger partial charge in [-0.2, -0.15) is 4.68 Å².